The molecule has 0 saturated heterocycles. The van der Waals surface area contributed by atoms with Crippen molar-refractivity contribution in [1.82, 2.24) is 0 Å². The summed E-state index contributed by atoms with van der Waals surface area (Å²) in [5.74, 6) is 0. The van der Waals surface area contributed by atoms with E-state index >= 15 is 0 Å². The lowest BCUT2D eigenvalue weighted by Crippen LogP contribution is -2.04. The number of aliphatic hydroxyl groups excluding tert-OH is 1. The maximum absolute atomic E-state index is 10.6. The Bertz CT molecular complexity index is 623. The maximum Gasteiger partial charge on any atom is 0.105 e. The molecule has 1 N–H and O–H groups in total. The summed E-state index contributed by atoms with van der Waals surface area (Å²) in [6, 6.07) is 9.84. The van der Waals surface area contributed by atoms with Gasteiger partial charge in [0.25, 0.3) is 0 Å². The van der Waals surface area contributed by atoms with Crippen LogP contribution in [0.15, 0.2) is 43.7 Å². The number of halogens is 3. The summed E-state index contributed by atoms with van der Waals surface area (Å²) in [5, 5.41) is 10.6. The van der Waals surface area contributed by atoms with Crippen LogP contribution in [0.3, 0.4) is 0 Å². The highest BCUT2D eigenvalue weighted by molar-refractivity contribution is 9.11. The van der Waals surface area contributed by atoms with E-state index in [1.54, 1.807) is 0 Å². The Hall–Kier alpha value is -0.160. The lowest BCUT2D eigenvalue weighted by Gasteiger charge is -2.17. The van der Waals surface area contributed by atoms with Crippen molar-refractivity contribution in [1.29, 1.82) is 0 Å². The van der Waals surface area contributed by atoms with E-state index in [0.29, 0.717) is 0 Å². The highest BCUT2D eigenvalue weighted by Crippen LogP contribution is 2.35. The summed E-state index contributed by atoms with van der Waals surface area (Å²) in [6.07, 6.45) is -0.649. The molecule has 0 spiro atoms. The summed E-state index contributed by atoms with van der Waals surface area (Å²) in [5.41, 5.74) is 3.96. The molecule has 2 aromatic carbocycles. The van der Waals surface area contributed by atoms with E-state index in [0.717, 1.165) is 35.7 Å². The van der Waals surface area contributed by atoms with Crippen LogP contribution in [0.25, 0.3) is 0 Å². The highest BCUT2D eigenvalue weighted by atomic mass is 79.9. The number of benzene rings is 2. The van der Waals surface area contributed by atoms with Crippen LogP contribution >= 0.6 is 47.8 Å². The summed E-state index contributed by atoms with van der Waals surface area (Å²) >= 11 is 10.5. The van der Waals surface area contributed by atoms with Gasteiger partial charge in [0.15, 0.2) is 0 Å². The third-order valence-electron chi connectivity index (χ3n) is 3.18. The standard InChI is InChI=1S/C15H13Br3O/c1-8-6-14(18)11(7-13(8)17)15(19)10-4-3-5-12(16)9(10)2/h3-7,15,19H,1-2H3. The van der Waals surface area contributed by atoms with E-state index in [1.807, 2.05) is 44.2 Å². The van der Waals surface area contributed by atoms with Crippen molar-refractivity contribution >= 4 is 47.8 Å². The molecule has 1 unspecified atom stereocenters. The summed E-state index contributed by atoms with van der Waals surface area (Å²) in [4.78, 5) is 0. The van der Waals surface area contributed by atoms with Crippen LogP contribution < -0.4 is 0 Å². The van der Waals surface area contributed by atoms with Crippen LogP contribution in [0.5, 0.6) is 0 Å². The predicted molar refractivity (Wildman–Crippen MR) is 89.5 cm³/mol. The predicted octanol–water partition coefficient (Wildman–Crippen LogP) is 5.67. The zero-order valence-corrected chi connectivity index (χ0v) is 15.3. The second-order valence-electron chi connectivity index (χ2n) is 4.48. The Labute approximate surface area is 138 Å². The Kier molecular flexibility index (Phi) is 4.88. The Balaban J connectivity index is 2.53. The number of hydrogen-bond donors (Lipinski definition) is 1. The molecule has 0 heterocycles. The number of aryl methyl sites for hydroxylation is 1. The molecular formula is C15H13Br3O. The van der Waals surface area contributed by atoms with Gasteiger partial charge in [-0.1, -0.05) is 59.9 Å². The number of hydrogen-bond acceptors (Lipinski definition) is 1. The van der Waals surface area contributed by atoms with Crippen molar-refractivity contribution in [3.8, 4) is 0 Å². The van der Waals surface area contributed by atoms with Crippen molar-refractivity contribution in [2.75, 3.05) is 0 Å². The maximum atomic E-state index is 10.6. The Morgan fingerprint density at radius 1 is 0.895 bits per heavy atom. The first-order chi connectivity index (χ1) is 8.91. The third-order valence-corrected chi connectivity index (χ3v) is 5.58. The lowest BCUT2D eigenvalue weighted by atomic mass is 9.97. The van der Waals surface area contributed by atoms with Gasteiger partial charge in [-0.25, -0.2) is 0 Å². The molecule has 0 bridgehead atoms. The molecule has 2 aromatic rings. The zero-order valence-electron chi connectivity index (χ0n) is 10.5. The fraction of sp³-hybridized carbons (Fsp3) is 0.200. The molecule has 100 valence electrons. The quantitative estimate of drug-likeness (QED) is 0.627. The zero-order chi connectivity index (χ0) is 14.2. The van der Waals surface area contributed by atoms with Crippen LogP contribution in [-0.2, 0) is 0 Å². The molecule has 2 rings (SSSR count). The van der Waals surface area contributed by atoms with Gasteiger partial charge in [0.1, 0.15) is 6.10 Å². The smallest absolute Gasteiger partial charge is 0.105 e. The average Bonchev–Trinajstić information content (AvgIpc) is 2.36. The van der Waals surface area contributed by atoms with Gasteiger partial charge < -0.3 is 5.11 Å². The SMILES string of the molecule is Cc1cc(Br)c(C(O)c2cccc(Br)c2C)cc1Br. The topological polar surface area (TPSA) is 20.2 Å². The second kappa shape index (κ2) is 6.08. The molecule has 0 amide bonds. The van der Waals surface area contributed by atoms with E-state index in [-0.39, 0.29) is 0 Å². The van der Waals surface area contributed by atoms with Crippen molar-refractivity contribution in [2.24, 2.45) is 0 Å². The summed E-state index contributed by atoms with van der Waals surface area (Å²) in [6.45, 7) is 4.02. The normalized spacial score (nSPS) is 12.5. The first-order valence-corrected chi connectivity index (χ1v) is 8.18. The minimum absolute atomic E-state index is 0.649. The van der Waals surface area contributed by atoms with E-state index < -0.39 is 6.10 Å². The Morgan fingerprint density at radius 2 is 1.58 bits per heavy atom. The lowest BCUT2D eigenvalue weighted by molar-refractivity contribution is 0.218. The third kappa shape index (κ3) is 3.13. The van der Waals surface area contributed by atoms with Crippen molar-refractivity contribution in [2.45, 2.75) is 20.0 Å². The second-order valence-corrected chi connectivity index (χ2v) is 7.04. The van der Waals surface area contributed by atoms with E-state index in [4.69, 9.17) is 0 Å². The van der Waals surface area contributed by atoms with Gasteiger partial charge in [-0.3, -0.25) is 0 Å². The van der Waals surface area contributed by atoms with E-state index in [9.17, 15) is 5.11 Å². The largest absolute Gasteiger partial charge is 0.384 e. The molecule has 1 nitrogen and oxygen atoms in total. The van der Waals surface area contributed by atoms with Gasteiger partial charge >= 0.3 is 0 Å². The molecule has 0 radical (unpaired) electrons. The van der Waals surface area contributed by atoms with Gasteiger partial charge in [0, 0.05) is 19.0 Å². The van der Waals surface area contributed by atoms with Gasteiger partial charge in [0.2, 0.25) is 0 Å². The molecule has 19 heavy (non-hydrogen) atoms. The highest BCUT2D eigenvalue weighted by Gasteiger charge is 2.17. The molecule has 0 aliphatic carbocycles. The van der Waals surface area contributed by atoms with Gasteiger partial charge in [-0.2, -0.15) is 0 Å². The first-order valence-electron chi connectivity index (χ1n) is 5.80. The molecular weight excluding hydrogens is 436 g/mol. The summed E-state index contributed by atoms with van der Waals surface area (Å²) in [7, 11) is 0. The average molecular weight is 449 g/mol. The van der Waals surface area contributed by atoms with Crippen LogP contribution in [-0.4, -0.2) is 5.11 Å². The molecule has 1 atom stereocenters. The van der Waals surface area contributed by atoms with E-state index in [2.05, 4.69) is 47.8 Å². The van der Waals surface area contributed by atoms with Gasteiger partial charge in [-0.05, 0) is 48.7 Å². The minimum atomic E-state index is -0.649. The molecule has 0 aromatic heterocycles. The van der Waals surface area contributed by atoms with Crippen LogP contribution in [0.4, 0.5) is 0 Å². The number of aliphatic hydroxyl groups is 1. The molecule has 0 aliphatic rings. The molecule has 0 fully saturated rings. The van der Waals surface area contributed by atoms with Crippen molar-refractivity contribution in [3.05, 3.63) is 66.0 Å². The van der Waals surface area contributed by atoms with Crippen molar-refractivity contribution in [3.63, 3.8) is 0 Å². The Morgan fingerprint density at radius 3 is 2.26 bits per heavy atom. The van der Waals surface area contributed by atoms with Gasteiger partial charge in [0.05, 0.1) is 0 Å². The van der Waals surface area contributed by atoms with Gasteiger partial charge in [-0.15, -0.1) is 0 Å². The summed E-state index contributed by atoms with van der Waals surface area (Å²) < 4.78 is 2.92. The number of rotatable bonds is 2. The van der Waals surface area contributed by atoms with Crippen LogP contribution in [0.1, 0.15) is 28.4 Å². The van der Waals surface area contributed by atoms with Crippen LogP contribution in [0, 0.1) is 13.8 Å². The minimum Gasteiger partial charge on any atom is -0.384 e. The van der Waals surface area contributed by atoms with Crippen molar-refractivity contribution < 1.29 is 5.11 Å². The first kappa shape index (κ1) is 15.2. The molecule has 0 saturated carbocycles. The van der Waals surface area contributed by atoms with Crippen LogP contribution in [0.2, 0.25) is 0 Å². The monoisotopic (exact) mass is 446 g/mol. The van der Waals surface area contributed by atoms with E-state index in [1.165, 1.54) is 0 Å². The fourth-order valence-electron chi connectivity index (χ4n) is 1.96. The molecule has 0 aliphatic heterocycles. The molecule has 4 heteroatoms. The fourth-order valence-corrected chi connectivity index (χ4v) is 3.38.